The number of nitrogens with one attached hydrogen (secondary N) is 1. The zero-order valence-electron chi connectivity index (χ0n) is 5.54. The second-order valence-electron chi connectivity index (χ2n) is 2.16. The molecule has 2 rings (SSSR count). The minimum absolute atomic E-state index is 1.05. The third-order valence-electron chi connectivity index (χ3n) is 1.49. The molecule has 2 heterocycles. The number of aromatic nitrogens is 2. The number of hydrogen-bond acceptors (Lipinski definition) is 2. The van der Waals surface area contributed by atoms with Gasteiger partial charge in [0.15, 0.2) is 0 Å². The van der Waals surface area contributed by atoms with E-state index >= 15 is 0 Å². The van der Waals surface area contributed by atoms with Crippen molar-refractivity contribution in [2.75, 3.05) is 0 Å². The van der Waals surface area contributed by atoms with Crippen LogP contribution >= 0.6 is 30.1 Å². The van der Waals surface area contributed by atoms with Crippen molar-refractivity contribution in [1.29, 1.82) is 0 Å². The number of pyridine rings is 1. The summed E-state index contributed by atoms with van der Waals surface area (Å²) in [6, 6.07) is 4.12. The Kier molecular flexibility index (Phi) is 2.04. The summed E-state index contributed by atoms with van der Waals surface area (Å²) in [5.74, 6) is 0. The quantitative estimate of drug-likeness (QED) is 0.811. The van der Waals surface area contributed by atoms with Crippen LogP contribution in [0.2, 0.25) is 0 Å². The van der Waals surface area contributed by atoms with Crippen LogP contribution in [-0.2, 0) is 0 Å². The molecule has 0 bridgehead atoms. The SMILES string of the molecule is ISc1cc2cc[nH]c2cn1. The summed E-state index contributed by atoms with van der Waals surface area (Å²) in [5, 5.41) is 2.27. The van der Waals surface area contributed by atoms with Gasteiger partial charge in [-0.1, -0.05) is 0 Å². The molecule has 0 radical (unpaired) electrons. The number of rotatable bonds is 1. The molecule has 0 aliphatic rings. The molecule has 56 valence electrons. The van der Waals surface area contributed by atoms with Gasteiger partial charge in [-0.3, -0.25) is 0 Å². The molecular formula is C7H5IN2S. The number of hydrogen-bond donors (Lipinski definition) is 1. The maximum atomic E-state index is 4.22. The maximum Gasteiger partial charge on any atom is 0.107 e. The van der Waals surface area contributed by atoms with E-state index in [-0.39, 0.29) is 0 Å². The maximum absolute atomic E-state index is 4.22. The molecule has 0 aromatic carbocycles. The van der Waals surface area contributed by atoms with Crippen LogP contribution in [0.4, 0.5) is 0 Å². The second kappa shape index (κ2) is 3.02. The van der Waals surface area contributed by atoms with Crippen LogP contribution in [0.1, 0.15) is 0 Å². The highest BCUT2D eigenvalue weighted by Gasteiger charge is 1.96. The van der Waals surface area contributed by atoms with Gasteiger partial charge in [-0.25, -0.2) is 4.98 Å². The standard InChI is InChI=1S/C7H5IN2S/c8-11-7-3-5-1-2-9-6(5)4-10-7/h1-4,9H. The predicted octanol–water partition coefficient (Wildman–Crippen LogP) is 3.01. The normalized spacial score (nSPS) is 10.6. The van der Waals surface area contributed by atoms with Gasteiger partial charge in [-0.05, 0) is 21.1 Å². The fourth-order valence-electron chi connectivity index (χ4n) is 0.973. The molecule has 1 N–H and O–H groups in total. The smallest absolute Gasteiger partial charge is 0.107 e. The fraction of sp³-hybridized carbons (Fsp3) is 0. The highest BCUT2D eigenvalue weighted by molar-refractivity contribution is 14.2. The molecule has 11 heavy (non-hydrogen) atoms. The van der Waals surface area contributed by atoms with Gasteiger partial charge in [0.05, 0.1) is 11.7 Å². The van der Waals surface area contributed by atoms with Crippen molar-refractivity contribution in [3.05, 3.63) is 24.5 Å². The molecular weight excluding hydrogens is 271 g/mol. The predicted molar refractivity (Wildman–Crippen MR) is 56.0 cm³/mol. The van der Waals surface area contributed by atoms with Crippen molar-refractivity contribution in [2.24, 2.45) is 0 Å². The molecule has 0 aliphatic heterocycles. The van der Waals surface area contributed by atoms with Gasteiger partial charge in [0.1, 0.15) is 5.03 Å². The molecule has 2 aromatic rings. The van der Waals surface area contributed by atoms with Gasteiger partial charge in [-0.2, -0.15) is 0 Å². The Balaban J connectivity index is 2.67. The van der Waals surface area contributed by atoms with Gasteiger partial charge >= 0.3 is 0 Å². The van der Waals surface area contributed by atoms with Gasteiger partial charge in [0.2, 0.25) is 0 Å². The van der Waals surface area contributed by atoms with Gasteiger partial charge in [0, 0.05) is 32.8 Å². The number of fused-ring (bicyclic) bond motifs is 1. The topological polar surface area (TPSA) is 28.7 Å². The lowest BCUT2D eigenvalue weighted by atomic mass is 10.3. The highest BCUT2D eigenvalue weighted by Crippen LogP contribution is 2.25. The molecule has 4 heteroatoms. The first-order chi connectivity index (χ1) is 5.40. The zero-order valence-corrected chi connectivity index (χ0v) is 8.52. The monoisotopic (exact) mass is 276 g/mol. The van der Waals surface area contributed by atoms with Gasteiger partial charge < -0.3 is 4.98 Å². The molecule has 2 nitrogen and oxygen atoms in total. The van der Waals surface area contributed by atoms with E-state index < -0.39 is 0 Å². The van der Waals surface area contributed by atoms with Crippen molar-refractivity contribution >= 4 is 41.0 Å². The Hall–Kier alpha value is -0.230. The molecule has 0 saturated heterocycles. The molecule has 0 amide bonds. The number of H-pyrrole nitrogens is 1. The van der Waals surface area contributed by atoms with E-state index in [2.05, 4.69) is 37.2 Å². The first-order valence-corrected chi connectivity index (χ1v) is 6.48. The fourth-order valence-corrected chi connectivity index (χ4v) is 1.96. The van der Waals surface area contributed by atoms with E-state index in [9.17, 15) is 0 Å². The van der Waals surface area contributed by atoms with Gasteiger partial charge in [-0.15, -0.1) is 0 Å². The number of halogens is 1. The second-order valence-corrected chi connectivity index (χ2v) is 4.06. The van der Waals surface area contributed by atoms with Crippen molar-refractivity contribution in [2.45, 2.75) is 5.03 Å². The van der Waals surface area contributed by atoms with Crippen LogP contribution < -0.4 is 0 Å². The van der Waals surface area contributed by atoms with E-state index in [1.165, 1.54) is 5.39 Å². The van der Waals surface area contributed by atoms with Crippen molar-refractivity contribution in [1.82, 2.24) is 9.97 Å². The van der Waals surface area contributed by atoms with Crippen LogP contribution in [0.25, 0.3) is 10.9 Å². The Labute approximate surface area is 80.4 Å². The van der Waals surface area contributed by atoms with Crippen molar-refractivity contribution in [3.8, 4) is 0 Å². The van der Waals surface area contributed by atoms with Crippen LogP contribution in [0.15, 0.2) is 29.6 Å². The first-order valence-electron chi connectivity index (χ1n) is 3.12. The third kappa shape index (κ3) is 1.37. The number of aromatic amines is 1. The van der Waals surface area contributed by atoms with E-state index in [1.54, 1.807) is 8.93 Å². The summed E-state index contributed by atoms with van der Waals surface area (Å²) >= 11 is 2.23. The molecule has 0 saturated carbocycles. The average Bonchev–Trinajstić information content (AvgIpc) is 2.50. The molecule has 0 spiro atoms. The third-order valence-corrected chi connectivity index (χ3v) is 3.23. The number of nitrogens with zero attached hydrogens (tertiary/aromatic N) is 1. The Morgan fingerprint density at radius 2 is 2.45 bits per heavy atom. The van der Waals surface area contributed by atoms with E-state index in [0.717, 1.165) is 10.5 Å². The first kappa shape index (κ1) is 7.42. The summed E-state index contributed by atoms with van der Waals surface area (Å²) in [7, 11) is 1.63. The summed E-state index contributed by atoms with van der Waals surface area (Å²) in [6.45, 7) is 0. The summed E-state index contributed by atoms with van der Waals surface area (Å²) in [4.78, 5) is 7.32. The molecule has 0 fully saturated rings. The van der Waals surface area contributed by atoms with Crippen LogP contribution in [0.5, 0.6) is 0 Å². The van der Waals surface area contributed by atoms with Crippen molar-refractivity contribution < 1.29 is 0 Å². The lowest BCUT2D eigenvalue weighted by Crippen LogP contribution is -1.75. The Morgan fingerprint density at radius 1 is 1.55 bits per heavy atom. The Morgan fingerprint density at radius 3 is 3.27 bits per heavy atom. The largest absolute Gasteiger partial charge is 0.360 e. The summed E-state index contributed by atoms with van der Waals surface area (Å²) in [6.07, 6.45) is 3.78. The summed E-state index contributed by atoms with van der Waals surface area (Å²) in [5.41, 5.74) is 1.10. The lowest BCUT2D eigenvalue weighted by molar-refractivity contribution is 1.16. The van der Waals surface area contributed by atoms with E-state index in [0.29, 0.717) is 0 Å². The average molecular weight is 276 g/mol. The molecule has 0 unspecified atom stereocenters. The highest BCUT2D eigenvalue weighted by atomic mass is 127. The van der Waals surface area contributed by atoms with Crippen LogP contribution in [-0.4, -0.2) is 9.97 Å². The lowest BCUT2D eigenvalue weighted by Gasteiger charge is -1.92. The van der Waals surface area contributed by atoms with E-state index in [4.69, 9.17) is 0 Å². The van der Waals surface area contributed by atoms with Crippen LogP contribution in [0.3, 0.4) is 0 Å². The zero-order chi connectivity index (χ0) is 7.68. The molecule has 2 aromatic heterocycles. The Bertz CT molecular complexity index is 371. The minimum atomic E-state index is 1.05. The minimum Gasteiger partial charge on any atom is -0.360 e. The molecule has 0 atom stereocenters. The van der Waals surface area contributed by atoms with E-state index in [1.807, 2.05) is 18.5 Å². The van der Waals surface area contributed by atoms with Crippen LogP contribution in [0, 0.1) is 0 Å². The van der Waals surface area contributed by atoms with Gasteiger partial charge in [0.25, 0.3) is 0 Å². The van der Waals surface area contributed by atoms with Crippen molar-refractivity contribution in [3.63, 3.8) is 0 Å². The summed E-state index contributed by atoms with van der Waals surface area (Å²) < 4.78 is 0. The molecule has 0 aliphatic carbocycles.